The maximum absolute atomic E-state index is 12.9. The quantitative estimate of drug-likeness (QED) is 0.507. The molecule has 152 valence electrons. The van der Waals surface area contributed by atoms with Gasteiger partial charge in [0.1, 0.15) is 4.21 Å². The number of carbonyl (C=O) groups excluding carboxylic acids is 1. The highest BCUT2D eigenvalue weighted by Crippen LogP contribution is 2.30. The number of hydrogen-bond acceptors (Lipinski definition) is 5. The monoisotopic (exact) mass is 437 g/mol. The zero-order chi connectivity index (χ0) is 20.9. The molecule has 8 heteroatoms. The van der Waals surface area contributed by atoms with Gasteiger partial charge in [-0.25, -0.2) is 0 Å². The van der Waals surface area contributed by atoms with Gasteiger partial charge in [-0.05, 0) is 72.2 Å². The van der Waals surface area contributed by atoms with Gasteiger partial charge in [0.25, 0.3) is 15.9 Å². The third kappa shape index (κ3) is 3.32. The van der Waals surface area contributed by atoms with Gasteiger partial charge in [0.05, 0.1) is 11.7 Å². The average molecular weight is 438 g/mol. The molecule has 0 radical (unpaired) electrons. The SMILES string of the molecule is Cc1ccc(C(=O)NC2CC2)cc1-c1ccc2c(cnn2S(=O)(=O)c2cccs2)c1. The summed E-state index contributed by atoms with van der Waals surface area (Å²) in [6.07, 6.45) is 3.64. The molecule has 0 saturated heterocycles. The maximum Gasteiger partial charge on any atom is 0.293 e. The molecule has 0 aliphatic heterocycles. The van der Waals surface area contributed by atoms with E-state index in [1.807, 2.05) is 37.3 Å². The summed E-state index contributed by atoms with van der Waals surface area (Å²) < 4.78 is 27.0. The van der Waals surface area contributed by atoms with Crippen molar-refractivity contribution in [1.29, 1.82) is 0 Å². The number of rotatable bonds is 5. The first-order valence-electron chi connectivity index (χ1n) is 9.62. The van der Waals surface area contributed by atoms with Crippen LogP contribution in [0.15, 0.2) is 64.3 Å². The summed E-state index contributed by atoms with van der Waals surface area (Å²) in [5.41, 5.74) is 4.03. The molecule has 0 unspecified atom stereocenters. The third-order valence-corrected chi connectivity index (χ3v) is 8.21. The average Bonchev–Trinajstić information content (AvgIpc) is 3.21. The van der Waals surface area contributed by atoms with E-state index < -0.39 is 10.0 Å². The Morgan fingerprint density at radius 3 is 2.73 bits per heavy atom. The fourth-order valence-electron chi connectivity index (χ4n) is 3.43. The van der Waals surface area contributed by atoms with E-state index in [1.54, 1.807) is 29.8 Å². The van der Waals surface area contributed by atoms with Crippen molar-refractivity contribution in [2.24, 2.45) is 0 Å². The minimum absolute atomic E-state index is 0.0605. The number of fused-ring (bicyclic) bond motifs is 1. The molecular formula is C22H19N3O3S2. The van der Waals surface area contributed by atoms with Crippen LogP contribution in [0.4, 0.5) is 0 Å². The number of nitrogens with zero attached hydrogens (tertiary/aromatic N) is 2. The van der Waals surface area contributed by atoms with Crippen LogP contribution in [0.25, 0.3) is 22.0 Å². The van der Waals surface area contributed by atoms with Crippen molar-refractivity contribution in [3.63, 3.8) is 0 Å². The number of hydrogen-bond donors (Lipinski definition) is 1. The van der Waals surface area contributed by atoms with E-state index in [4.69, 9.17) is 0 Å². The van der Waals surface area contributed by atoms with E-state index >= 15 is 0 Å². The summed E-state index contributed by atoms with van der Waals surface area (Å²) in [6.45, 7) is 1.99. The topological polar surface area (TPSA) is 81.1 Å². The molecule has 0 atom stereocenters. The Bertz CT molecular complexity index is 1370. The minimum Gasteiger partial charge on any atom is -0.349 e. The van der Waals surface area contributed by atoms with Crippen LogP contribution in [0.1, 0.15) is 28.8 Å². The van der Waals surface area contributed by atoms with Crippen molar-refractivity contribution in [1.82, 2.24) is 14.5 Å². The number of thiophene rings is 1. The predicted molar refractivity (Wildman–Crippen MR) is 117 cm³/mol. The second-order valence-electron chi connectivity index (χ2n) is 7.48. The molecule has 1 saturated carbocycles. The molecule has 0 bridgehead atoms. The first-order valence-corrected chi connectivity index (χ1v) is 11.9. The molecule has 2 aromatic carbocycles. The smallest absolute Gasteiger partial charge is 0.293 e. The largest absolute Gasteiger partial charge is 0.349 e. The van der Waals surface area contributed by atoms with Crippen molar-refractivity contribution < 1.29 is 13.2 Å². The molecule has 1 aliphatic carbocycles. The van der Waals surface area contributed by atoms with Crippen LogP contribution in [0.5, 0.6) is 0 Å². The molecule has 1 N–H and O–H groups in total. The van der Waals surface area contributed by atoms with Crippen molar-refractivity contribution in [2.45, 2.75) is 30.0 Å². The lowest BCUT2D eigenvalue weighted by molar-refractivity contribution is 0.0951. The van der Waals surface area contributed by atoms with E-state index in [1.165, 1.54) is 0 Å². The predicted octanol–water partition coefficient (Wildman–Crippen LogP) is 4.20. The van der Waals surface area contributed by atoms with Crippen molar-refractivity contribution in [3.8, 4) is 11.1 Å². The lowest BCUT2D eigenvalue weighted by Crippen LogP contribution is -2.25. The number of nitrogens with one attached hydrogen (secondary N) is 1. The second kappa shape index (κ2) is 7.07. The highest BCUT2D eigenvalue weighted by atomic mass is 32.2. The summed E-state index contributed by atoms with van der Waals surface area (Å²) in [5, 5.41) is 9.60. The first-order chi connectivity index (χ1) is 14.4. The van der Waals surface area contributed by atoms with Gasteiger partial charge < -0.3 is 5.32 Å². The second-order valence-corrected chi connectivity index (χ2v) is 10.4. The highest BCUT2D eigenvalue weighted by molar-refractivity contribution is 7.92. The van der Waals surface area contributed by atoms with Crippen LogP contribution in [0, 0.1) is 6.92 Å². The van der Waals surface area contributed by atoms with Crippen LogP contribution < -0.4 is 5.32 Å². The minimum atomic E-state index is -3.72. The third-order valence-electron chi connectivity index (χ3n) is 5.24. The Balaban J connectivity index is 1.54. The zero-order valence-corrected chi connectivity index (χ0v) is 17.8. The Morgan fingerprint density at radius 2 is 2.00 bits per heavy atom. The van der Waals surface area contributed by atoms with Gasteiger partial charge in [0.2, 0.25) is 0 Å². The molecule has 0 spiro atoms. The summed E-state index contributed by atoms with van der Waals surface area (Å²) in [5.74, 6) is -0.0605. The molecule has 6 nitrogen and oxygen atoms in total. The van der Waals surface area contributed by atoms with Gasteiger partial charge in [-0.3, -0.25) is 4.79 Å². The number of carbonyl (C=O) groups is 1. The van der Waals surface area contributed by atoms with Gasteiger partial charge in [-0.2, -0.15) is 17.6 Å². The summed E-state index contributed by atoms with van der Waals surface area (Å²) in [4.78, 5) is 12.4. The Kier molecular flexibility index (Phi) is 4.48. The van der Waals surface area contributed by atoms with Crippen molar-refractivity contribution in [3.05, 3.63) is 71.2 Å². The maximum atomic E-state index is 12.9. The Hall–Kier alpha value is -2.97. The molecular weight excluding hydrogens is 418 g/mol. The van der Waals surface area contributed by atoms with E-state index in [0.29, 0.717) is 17.1 Å². The van der Waals surface area contributed by atoms with E-state index in [0.717, 1.165) is 50.3 Å². The Labute approximate surface area is 178 Å². The van der Waals surface area contributed by atoms with Crippen molar-refractivity contribution in [2.75, 3.05) is 0 Å². The van der Waals surface area contributed by atoms with Gasteiger partial charge in [0, 0.05) is 17.0 Å². The van der Waals surface area contributed by atoms with E-state index in [2.05, 4.69) is 10.4 Å². The molecule has 1 amide bonds. The summed E-state index contributed by atoms with van der Waals surface area (Å²) in [7, 11) is -3.72. The molecule has 4 aromatic rings. The number of aryl methyl sites for hydroxylation is 1. The van der Waals surface area contributed by atoms with E-state index in [-0.39, 0.29) is 10.1 Å². The highest BCUT2D eigenvalue weighted by Gasteiger charge is 2.24. The molecule has 30 heavy (non-hydrogen) atoms. The normalized spacial score (nSPS) is 14.2. The number of benzene rings is 2. The standard InChI is InChI=1S/C22H19N3O3S2/c1-14-4-5-16(22(26)24-18-7-8-18)12-19(14)15-6-9-20-17(11-15)13-23-25(20)30(27,28)21-3-2-10-29-21/h2-6,9-13,18H,7-8H2,1H3,(H,24,26). The van der Waals surface area contributed by atoms with Crippen LogP contribution in [-0.2, 0) is 10.0 Å². The van der Waals surface area contributed by atoms with Crippen LogP contribution in [-0.4, -0.2) is 29.6 Å². The number of aromatic nitrogens is 2. The molecule has 1 aliphatic rings. The van der Waals surface area contributed by atoms with Gasteiger partial charge in [0.15, 0.2) is 0 Å². The zero-order valence-electron chi connectivity index (χ0n) is 16.2. The van der Waals surface area contributed by atoms with Crippen LogP contribution in [0.3, 0.4) is 0 Å². The lowest BCUT2D eigenvalue weighted by atomic mass is 9.97. The Morgan fingerprint density at radius 1 is 1.17 bits per heavy atom. The summed E-state index contributed by atoms with van der Waals surface area (Å²) >= 11 is 1.16. The fraction of sp³-hybridized carbons (Fsp3) is 0.182. The van der Waals surface area contributed by atoms with Gasteiger partial charge in [-0.15, -0.1) is 11.3 Å². The molecule has 2 heterocycles. The number of amides is 1. The first kappa shape index (κ1) is 19.0. The van der Waals surface area contributed by atoms with Gasteiger partial charge in [-0.1, -0.05) is 18.2 Å². The molecule has 2 aromatic heterocycles. The lowest BCUT2D eigenvalue weighted by Gasteiger charge is -2.10. The van der Waals surface area contributed by atoms with Crippen LogP contribution >= 0.6 is 11.3 Å². The molecule has 1 fully saturated rings. The summed E-state index contributed by atoms with van der Waals surface area (Å²) in [6, 6.07) is 14.8. The van der Waals surface area contributed by atoms with Crippen LogP contribution in [0.2, 0.25) is 0 Å². The van der Waals surface area contributed by atoms with E-state index in [9.17, 15) is 13.2 Å². The fourth-order valence-corrected chi connectivity index (χ4v) is 5.76. The van der Waals surface area contributed by atoms with Gasteiger partial charge >= 0.3 is 0 Å². The molecule has 5 rings (SSSR count). The van der Waals surface area contributed by atoms with Crippen molar-refractivity contribution >= 4 is 38.2 Å².